The maximum Gasteiger partial charge on any atom is 0.239 e. The summed E-state index contributed by atoms with van der Waals surface area (Å²) in [5.74, 6) is -0.213. The largest absolute Gasteiger partial charge is 0.861 e. The molecule has 7 nitrogen and oxygen atoms in total. The van der Waals surface area contributed by atoms with Crippen LogP contribution in [0.15, 0.2) is 84.1 Å². The van der Waals surface area contributed by atoms with Crippen molar-refractivity contribution in [3.8, 4) is 5.75 Å². The van der Waals surface area contributed by atoms with Gasteiger partial charge in [-0.3, -0.25) is 14.8 Å². The second-order valence-electron chi connectivity index (χ2n) is 9.42. The Morgan fingerprint density at radius 2 is 1.69 bits per heavy atom. The third-order valence-corrected chi connectivity index (χ3v) is 5.15. The third-order valence-electron chi connectivity index (χ3n) is 5.15. The third kappa shape index (κ3) is 8.87. The Hall–Kier alpha value is -3.71. The number of nitrogens with one attached hydrogen (secondary N) is 2. The van der Waals surface area contributed by atoms with E-state index in [0.717, 1.165) is 16.7 Å². The SMILES string of the molecule is CC(C)(C)N=C([O-])C(Cc1ccc(OCc2ccccc2)cc1)NC(=O)[C@@H]([NH])Cc1cccnc1. The van der Waals surface area contributed by atoms with Gasteiger partial charge < -0.3 is 15.2 Å². The van der Waals surface area contributed by atoms with Crippen molar-refractivity contribution < 1.29 is 14.6 Å². The van der Waals surface area contributed by atoms with Crippen molar-refractivity contribution in [1.29, 1.82) is 0 Å². The molecule has 0 aliphatic carbocycles. The Kier molecular flexibility index (Phi) is 8.98. The number of nitrogens with zero attached hydrogens (tertiary/aromatic N) is 2. The maximum absolute atomic E-state index is 12.9. The molecule has 1 heterocycles. The molecule has 1 unspecified atom stereocenters. The average Bonchev–Trinajstić information content (AvgIpc) is 2.83. The average molecular weight is 473 g/mol. The number of carbonyl (C=O) groups is 1. The van der Waals surface area contributed by atoms with Crippen LogP contribution in [0.5, 0.6) is 5.75 Å². The number of rotatable bonds is 10. The Labute approximate surface area is 207 Å². The lowest BCUT2D eigenvalue weighted by Crippen LogP contribution is -2.51. The molecule has 7 heteroatoms. The summed E-state index contributed by atoms with van der Waals surface area (Å²) in [6, 6.07) is 19.0. The standard InChI is InChI=1S/C28H33N4O3/c1-28(2,3)32-27(34)25(31-26(33)24(29)16-22-10-7-15-30-18-22)17-20-11-13-23(14-12-20)35-19-21-8-5-4-6-9-21/h4-15,18,24-25,29H,16-17,19H2,1-3H3,(H,31,33)(H,32,34)/p-1/t24-,25?/m0/s1. The second-order valence-corrected chi connectivity index (χ2v) is 9.42. The van der Waals surface area contributed by atoms with Gasteiger partial charge in [0.2, 0.25) is 5.91 Å². The minimum absolute atomic E-state index is 0.213. The molecule has 0 spiro atoms. The number of pyridine rings is 1. The van der Waals surface area contributed by atoms with Crippen LogP contribution in [-0.2, 0) is 24.2 Å². The van der Waals surface area contributed by atoms with Crippen LogP contribution in [0.25, 0.3) is 0 Å². The van der Waals surface area contributed by atoms with Gasteiger partial charge in [0.15, 0.2) is 0 Å². The van der Waals surface area contributed by atoms with Gasteiger partial charge in [-0.05, 0) is 74.4 Å². The first kappa shape index (κ1) is 25.9. The maximum atomic E-state index is 12.9. The van der Waals surface area contributed by atoms with Crippen molar-refractivity contribution in [2.24, 2.45) is 4.99 Å². The van der Waals surface area contributed by atoms with Gasteiger partial charge in [-0.15, -0.1) is 0 Å². The van der Waals surface area contributed by atoms with E-state index in [1.54, 1.807) is 18.5 Å². The molecule has 1 amide bonds. The predicted octanol–water partition coefficient (Wildman–Crippen LogP) is 3.14. The van der Waals surface area contributed by atoms with E-state index in [9.17, 15) is 9.90 Å². The lowest BCUT2D eigenvalue weighted by atomic mass is 10.0. The predicted molar refractivity (Wildman–Crippen MR) is 135 cm³/mol. The summed E-state index contributed by atoms with van der Waals surface area (Å²) in [6.45, 7) is 5.96. The van der Waals surface area contributed by atoms with E-state index in [1.807, 2.05) is 81.4 Å². The quantitative estimate of drug-likeness (QED) is 0.361. The summed E-state index contributed by atoms with van der Waals surface area (Å²) in [5, 5.41) is 15.7. The van der Waals surface area contributed by atoms with Crippen LogP contribution in [-0.4, -0.2) is 34.4 Å². The fourth-order valence-corrected chi connectivity index (χ4v) is 3.43. The monoisotopic (exact) mass is 472 g/mol. The Balaban J connectivity index is 1.67. The lowest BCUT2D eigenvalue weighted by molar-refractivity contribution is -0.222. The number of aromatic nitrogens is 1. The summed E-state index contributed by atoms with van der Waals surface area (Å²) in [4.78, 5) is 21.0. The van der Waals surface area contributed by atoms with Crippen LogP contribution in [0.1, 0.15) is 37.5 Å². The molecule has 0 bridgehead atoms. The van der Waals surface area contributed by atoms with Crippen LogP contribution >= 0.6 is 0 Å². The van der Waals surface area contributed by atoms with Gasteiger partial charge >= 0.3 is 0 Å². The molecule has 2 N–H and O–H groups in total. The number of hydrogen-bond acceptors (Lipinski definition) is 5. The molecule has 0 saturated heterocycles. The highest BCUT2D eigenvalue weighted by molar-refractivity contribution is 5.88. The molecule has 3 aromatic rings. The smallest absolute Gasteiger partial charge is 0.239 e. The molecule has 3 rings (SSSR count). The van der Waals surface area contributed by atoms with Crippen LogP contribution in [0, 0.1) is 0 Å². The van der Waals surface area contributed by atoms with Gasteiger partial charge in [0.1, 0.15) is 18.4 Å². The first-order chi connectivity index (χ1) is 16.7. The van der Waals surface area contributed by atoms with Gasteiger partial charge in [-0.25, -0.2) is 5.73 Å². The molecule has 35 heavy (non-hydrogen) atoms. The zero-order valence-electron chi connectivity index (χ0n) is 20.4. The van der Waals surface area contributed by atoms with Gasteiger partial charge in [0, 0.05) is 12.4 Å². The zero-order chi connectivity index (χ0) is 25.3. The molecular weight excluding hydrogens is 440 g/mol. The zero-order valence-corrected chi connectivity index (χ0v) is 20.4. The van der Waals surface area contributed by atoms with Crippen LogP contribution in [0.4, 0.5) is 0 Å². The summed E-state index contributed by atoms with van der Waals surface area (Å²) in [6.07, 6.45) is 3.75. The molecule has 0 saturated carbocycles. The van der Waals surface area contributed by atoms with Crippen molar-refractivity contribution >= 4 is 11.8 Å². The highest BCUT2D eigenvalue weighted by Crippen LogP contribution is 2.16. The van der Waals surface area contributed by atoms with Gasteiger partial charge in [-0.2, -0.15) is 0 Å². The van der Waals surface area contributed by atoms with E-state index in [2.05, 4.69) is 15.3 Å². The molecule has 0 aliphatic heterocycles. The van der Waals surface area contributed by atoms with Crippen LogP contribution in [0.3, 0.4) is 0 Å². The van der Waals surface area contributed by atoms with E-state index in [0.29, 0.717) is 12.4 Å². The Morgan fingerprint density at radius 1 is 1.00 bits per heavy atom. The summed E-state index contributed by atoms with van der Waals surface area (Å²) < 4.78 is 5.83. The topological polar surface area (TPSA) is 110 Å². The first-order valence-electron chi connectivity index (χ1n) is 11.6. The van der Waals surface area contributed by atoms with Gasteiger partial charge in [-0.1, -0.05) is 48.5 Å². The second kappa shape index (κ2) is 12.1. The molecule has 1 aromatic heterocycles. The van der Waals surface area contributed by atoms with Crippen molar-refractivity contribution in [2.75, 3.05) is 0 Å². The summed E-state index contributed by atoms with van der Waals surface area (Å²) in [5.41, 5.74) is 10.4. The van der Waals surface area contributed by atoms with E-state index < -0.39 is 29.4 Å². The lowest BCUT2D eigenvalue weighted by Gasteiger charge is -2.29. The fourth-order valence-electron chi connectivity index (χ4n) is 3.43. The number of aliphatic imine (C=N–C) groups is 1. The van der Waals surface area contributed by atoms with Crippen molar-refractivity contribution in [1.82, 2.24) is 16.0 Å². The fraction of sp³-hybridized carbons (Fsp3) is 0.321. The van der Waals surface area contributed by atoms with E-state index in [4.69, 9.17) is 10.5 Å². The van der Waals surface area contributed by atoms with E-state index >= 15 is 0 Å². The Bertz CT molecular complexity index is 1090. The van der Waals surface area contributed by atoms with Gasteiger partial charge in [0.25, 0.3) is 0 Å². The van der Waals surface area contributed by atoms with Crippen molar-refractivity contribution in [3.05, 3.63) is 95.8 Å². The molecule has 0 aliphatic rings. The van der Waals surface area contributed by atoms with E-state index in [-0.39, 0.29) is 12.8 Å². The molecule has 2 aromatic carbocycles. The highest BCUT2D eigenvalue weighted by atomic mass is 16.5. The number of carbonyl (C=O) groups excluding carboxylic acids is 1. The Morgan fingerprint density at radius 3 is 2.31 bits per heavy atom. The van der Waals surface area contributed by atoms with Crippen molar-refractivity contribution in [2.45, 2.75) is 57.8 Å². The number of amides is 1. The highest BCUT2D eigenvalue weighted by Gasteiger charge is 2.21. The minimum Gasteiger partial charge on any atom is -0.861 e. The number of hydrogen-bond donors (Lipinski definition) is 1. The summed E-state index contributed by atoms with van der Waals surface area (Å²) in [7, 11) is 0. The molecule has 183 valence electrons. The molecule has 2 atom stereocenters. The van der Waals surface area contributed by atoms with Crippen LogP contribution < -0.4 is 20.9 Å². The molecule has 0 fully saturated rings. The van der Waals surface area contributed by atoms with E-state index in [1.165, 1.54) is 0 Å². The molecule has 1 radical (unpaired) electrons. The minimum atomic E-state index is -1.06. The van der Waals surface area contributed by atoms with Gasteiger partial charge in [0.05, 0.1) is 11.6 Å². The summed E-state index contributed by atoms with van der Waals surface area (Å²) >= 11 is 0. The first-order valence-corrected chi connectivity index (χ1v) is 11.6. The molecular formula is C28H32N4O3-. The number of benzene rings is 2. The van der Waals surface area contributed by atoms with Crippen LogP contribution in [0.2, 0.25) is 0 Å². The van der Waals surface area contributed by atoms with Crippen molar-refractivity contribution in [3.63, 3.8) is 0 Å². The normalized spacial score (nSPS) is 13.7. The number of ether oxygens (including phenoxy) is 1.